The molecule has 0 aromatic heterocycles. The highest BCUT2D eigenvalue weighted by Gasteiger charge is 2.15. The van der Waals surface area contributed by atoms with Crippen molar-refractivity contribution in [3.05, 3.63) is 28.5 Å². The van der Waals surface area contributed by atoms with Crippen molar-refractivity contribution >= 4 is 33.6 Å². The van der Waals surface area contributed by atoms with Gasteiger partial charge in [0.1, 0.15) is 5.82 Å². The summed E-state index contributed by atoms with van der Waals surface area (Å²) in [5, 5.41) is 13.9. The largest absolute Gasteiger partial charge is 0.481 e. The van der Waals surface area contributed by atoms with Gasteiger partial charge in [0, 0.05) is 10.5 Å². The summed E-state index contributed by atoms with van der Waals surface area (Å²) in [4.78, 5) is 22.5. The number of anilines is 1. The lowest BCUT2D eigenvalue weighted by atomic mass is 10.1. The number of carbonyl (C=O) groups excluding carboxylic acids is 1. The fourth-order valence-corrected chi connectivity index (χ4v) is 2.17. The predicted octanol–water partition coefficient (Wildman–Crippen LogP) is 3.35. The van der Waals surface area contributed by atoms with Crippen LogP contribution in [0.5, 0.6) is 0 Å². The summed E-state index contributed by atoms with van der Waals surface area (Å²) >= 11 is 3.14. The third-order valence-electron chi connectivity index (χ3n) is 2.57. The average molecular weight is 347 g/mol. The Hall–Kier alpha value is -1.63. The third-order valence-corrected chi connectivity index (χ3v) is 3.23. The van der Waals surface area contributed by atoms with Crippen molar-refractivity contribution in [2.45, 2.75) is 32.2 Å². The van der Waals surface area contributed by atoms with Crippen LogP contribution in [0.3, 0.4) is 0 Å². The van der Waals surface area contributed by atoms with E-state index in [9.17, 15) is 14.0 Å². The van der Waals surface area contributed by atoms with E-state index in [-0.39, 0.29) is 6.42 Å². The molecular weight excluding hydrogens is 331 g/mol. The summed E-state index contributed by atoms with van der Waals surface area (Å²) < 4.78 is 13.3. The van der Waals surface area contributed by atoms with Gasteiger partial charge >= 0.3 is 12.0 Å². The van der Waals surface area contributed by atoms with Crippen LogP contribution in [0.2, 0.25) is 0 Å². The molecule has 0 saturated heterocycles. The van der Waals surface area contributed by atoms with Gasteiger partial charge in [-0.3, -0.25) is 4.79 Å². The monoisotopic (exact) mass is 346 g/mol. The Morgan fingerprint density at radius 3 is 2.70 bits per heavy atom. The van der Waals surface area contributed by atoms with Gasteiger partial charge in [-0.25, -0.2) is 9.18 Å². The number of hydrogen-bond acceptors (Lipinski definition) is 2. The number of aliphatic carboxylic acids is 1. The molecule has 0 aliphatic heterocycles. The second-order valence-electron chi connectivity index (χ2n) is 4.31. The molecule has 1 aromatic carbocycles. The fourth-order valence-electron chi connectivity index (χ4n) is 1.72. The van der Waals surface area contributed by atoms with Crippen LogP contribution in [0.25, 0.3) is 0 Å². The maximum atomic E-state index is 12.9. The average Bonchev–Trinajstić information content (AvgIpc) is 2.32. The normalized spacial score (nSPS) is 11.8. The highest BCUT2D eigenvalue weighted by Crippen LogP contribution is 2.22. The van der Waals surface area contributed by atoms with Crippen LogP contribution in [0.4, 0.5) is 14.9 Å². The number of hydrogen-bond donors (Lipinski definition) is 3. The first-order chi connectivity index (χ1) is 9.42. The fraction of sp³-hybridized carbons (Fsp3) is 0.385. The lowest BCUT2D eigenvalue weighted by molar-refractivity contribution is -0.137. The van der Waals surface area contributed by atoms with Crippen LogP contribution in [0.15, 0.2) is 22.7 Å². The van der Waals surface area contributed by atoms with E-state index >= 15 is 0 Å². The van der Waals surface area contributed by atoms with Gasteiger partial charge in [0.05, 0.1) is 12.1 Å². The molecule has 0 aliphatic carbocycles. The summed E-state index contributed by atoms with van der Waals surface area (Å²) in [6.07, 6.45) is 1.20. The van der Waals surface area contributed by atoms with E-state index in [1.54, 1.807) is 0 Å². The van der Waals surface area contributed by atoms with E-state index in [2.05, 4.69) is 26.6 Å². The number of benzene rings is 1. The second kappa shape index (κ2) is 7.84. The van der Waals surface area contributed by atoms with Gasteiger partial charge in [0.25, 0.3) is 0 Å². The van der Waals surface area contributed by atoms with Crippen molar-refractivity contribution in [2.75, 3.05) is 5.32 Å². The summed E-state index contributed by atoms with van der Waals surface area (Å²) in [7, 11) is 0. The van der Waals surface area contributed by atoms with Crippen LogP contribution in [-0.2, 0) is 4.79 Å². The highest BCUT2D eigenvalue weighted by atomic mass is 79.9. The molecule has 0 fully saturated rings. The molecule has 0 radical (unpaired) electrons. The lowest BCUT2D eigenvalue weighted by Gasteiger charge is -2.17. The van der Waals surface area contributed by atoms with Crippen molar-refractivity contribution in [1.82, 2.24) is 5.32 Å². The Morgan fingerprint density at radius 1 is 1.45 bits per heavy atom. The second-order valence-corrected chi connectivity index (χ2v) is 5.16. The quantitative estimate of drug-likeness (QED) is 0.738. The number of nitrogens with one attached hydrogen (secondary N) is 2. The van der Waals surface area contributed by atoms with E-state index in [4.69, 9.17) is 5.11 Å². The van der Waals surface area contributed by atoms with Gasteiger partial charge in [-0.15, -0.1) is 0 Å². The molecule has 1 atom stereocenters. The number of carboxylic acid groups (broad SMARTS) is 1. The molecule has 0 saturated carbocycles. The van der Waals surface area contributed by atoms with Crippen molar-refractivity contribution in [3.63, 3.8) is 0 Å². The molecule has 3 N–H and O–H groups in total. The Balaban J connectivity index is 2.62. The molecule has 7 heteroatoms. The Kier molecular flexibility index (Phi) is 6.44. The zero-order valence-corrected chi connectivity index (χ0v) is 12.5. The van der Waals surface area contributed by atoms with E-state index in [1.807, 2.05) is 6.92 Å². The van der Waals surface area contributed by atoms with Gasteiger partial charge in [0.2, 0.25) is 0 Å². The molecule has 0 aliphatic rings. The molecular formula is C13H16BrFN2O3. The topological polar surface area (TPSA) is 78.4 Å². The lowest BCUT2D eigenvalue weighted by Crippen LogP contribution is -2.39. The molecule has 110 valence electrons. The number of halogens is 2. The van der Waals surface area contributed by atoms with Gasteiger partial charge in [-0.2, -0.15) is 0 Å². The van der Waals surface area contributed by atoms with Crippen molar-refractivity contribution in [3.8, 4) is 0 Å². The molecule has 1 rings (SSSR count). The third kappa shape index (κ3) is 5.56. The molecule has 0 heterocycles. The van der Waals surface area contributed by atoms with Crippen molar-refractivity contribution in [1.29, 1.82) is 0 Å². The Morgan fingerprint density at radius 2 is 2.15 bits per heavy atom. The minimum absolute atomic E-state index is 0.133. The van der Waals surface area contributed by atoms with Crippen LogP contribution in [0, 0.1) is 5.82 Å². The number of rotatable bonds is 6. The zero-order valence-electron chi connectivity index (χ0n) is 11.0. The first kappa shape index (κ1) is 16.4. The van der Waals surface area contributed by atoms with Crippen LogP contribution in [0.1, 0.15) is 26.2 Å². The van der Waals surface area contributed by atoms with Crippen LogP contribution >= 0.6 is 15.9 Å². The zero-order chi connectivity index (χ0) is 15.1. The summed E-state index contributed by atoms with van der Waals surface area (Å²) in [5.41, 5.74) is 0.412. The number of carbonyl (C=O) groups is 2. The molecule has 1 unspecified atom stereocenters. The summed E-state index contributed by atoms with van der Waals surface area (Å²) in [6, 6.07) is 2.93. The molecule has 5 nitrogen and oxygen atoms in total. The molecule has 1 aromatic rings. The predicted molar refractivity (Wildman–Crippen MR) is 77.2 cm³/mol. The highest BCUT2D eigenvalue weighted by molar-refractivity contribution is 9.10. The summed E-state index contributed by atoms with van der Waals surface area (Å²) in [6.45, 7) is 1.91. The minimum atomic E-state index is -0.966. The Labute approximate surface area is 124 Å². The van der Waals surface area contributed by atoms with Gasteiger partial charge < -0.3 is 15.7 Å². The summed E-state index contributed by atoms with van der Waals surface area (Å²) in [5.74, 6) is -1.38. The number of amides is 2. The van der Waals surface area contributed by atoms with Gasteiger partial charge in [-0.1, -0.05) is 13.3 Å². The molecule has 20 heavy (non-hydrogen) atoms. The molecule has 0 spiro atoms. The number of urea groups is 1. The Bertz CT molecular complexity index is 497. The molecule has 0 bridgehead atoms. The van der Waals surface area contributed by atoms with E-state index in [0.717, 1.165) is 6.42 Å². The first-order valence-electron chi connectivity index (χ1n) is 6.16. The minimum Gasteiger partial charge on any atom is -0.481 e. The van der Waals surface area contributed by atoms with Crippen molar-refractivity contribution < 1.29 is 19.1 Å². The van der Waals surface area contributed by atoms with E-state index < -0.39 is 23.9 Å². The van der Waals surface area contributed by atoms with Crippen LogP contribution < -0.4 is 10.6 Å². The van der Waals surface area contributed by atoms with Crippen LogP contribution in [-0.4, -0.2) is 23.1 Å². The maximum Gasteiger partial charge on any atom is 0.319 e. The maximum absolute atomic E-state index is 12.9. The van der Waals surface area contributed by atoms with E-state index in [0.29, 0.717) is 16.6 Å². The SMILES string of the molecule is CCCC(CC(=O)O)NC(=O)Nc1ccc(F)cc1Br. The smallest absolute Gasteiger partial charge is 0.319 e. The van der Waals surface area contributed by atoms with Gasteiger partial charge in [-0.05, 0) is 40.5 Å². The van der Waals surface area contributed by atoms with Gasteiger partial charge in [0.15, 0.2) is 0 Å². The first-order valence-corrected chi connectivity index (χ1v) is 6.96. The van der Waals surface area contributed by atoms with Crippen molar-refractivity contribution in [2.24, 2.45) is 0 Å². The number of carboxylic acids is 1. The molecule has 2 amide bonds. The standard InChI is InChI=1S/C13H16BrFN2O3/c1-2-3-9(7-12(18)19)16-13(20)17-11-5-4-8(15)6-10(11)14/h4-6,9H,2-3,7H2,1H3,(H,18,19)(H2,16,17,20). The van der Waals surface area contributed by atoms with E-state index in [1.165, 1.54) is 18.2 Å².